The normalized spacial score (nSPS) is 10.0. The van der Waals surface area contributed by atoms with Crippen molar-refractivity contribution in [2.24, 2.45) is 0 Å². The van der Waals surface area contributed by atoms with E-state index in [1.165, 1.54) is 6.07 Å². The van der Waals surface area contributed by atoms with Gasteiger partial charge in [-0.05, 0) is 12.1 Å². The number of benzene rings is 1. The van der Waals surface area contributed by atoms with E-state index in [0.717, 1.165) is 13.2 Å². The summed E-state index contributed by atoms with van der Waals surface area (Å²) in [7, 11) is 0.962. The summed E-state index contributed by atoms with van der Waals surface area (Å²) in [4.78, 5) is 11.2. The smallest absolute Gasteiger partial charge is 0.339 e. The van der Waals surface area contributed by atoms with E-state index in [-0.39, 0.29) is 5.56 Å². The Morgan fingerprint density at radius 1 is 1.50 bits per heavy atom. The van der Waals surface area contributed by atoms with Gasteiger partial charge in [0.15, 0.2) is 0 Å². The maximum absolute atomic E-state index is 13.1. The van der Waals surface area contributed by atoms with Crippen LogP contribution < -0.4 is 0 Å². The first-order valence-corrected chi connectivity index (χ1v) is 4.11. The van der Waals surface area contributed by atoms with Gasteiger partial charge in [-0.25, -0.2) is 18.0 Å². The van der Waals surface area contributed by atoms with Gasteiger partial charge in [-0.3, -0.25) is 0 Å². The molecule has 0 aliphatic heterocycles. The van der Waals surface area contributed by atoms with E-state index in [4.69, 9.17) is 5.26 Å². The van der Waals surface area contributed by atoms with Crippen LogP contribution in [0.1, 0.15) is 27.9 Å². The third-order valence-electron chi connectivity index (χ3n) is 1.92. The highest BCUT2D eigenvalue weighted by atomic mass is 19.3. The molecule has 0 bridgehead atoms. The average molecular weight is 229 g/mol. The van der Waals surface area contributed by atoms with Crippen LogP contribution in [0, 0.1) is 17.1 Å². The maximum atomic E-state index is 13.1. The molecule has 0 spiro atoms. The zero-order valence-electron chi connectivity index (χ0n) is 8.13. The number of carbonyl (C=O) groups excluding carboxylic acids is 1. The minimum Gasteiger partial charge on any atom is -0.465 e. The molecule has 1 rings (SSSR count). The molecule has 0 aliphatic rings. The van der Waals surface area contributed by atoms with Crippen molar-refractivity contribution in [1.82, 2.24) is 0 Å². The third-order valence-corrected chi connectivity index (χ3v) is 1.92. The fourth-order valence-electron chi connectivity index (χ4n) is 1.22. The van der Waals surface area contributed by atoms with Crippen molar-refractivity contribution >= 4 is 5.97 Å². The highest BCUT2D eigenvalue weighted by Crippen LogP contribution is 2.28. The number of hydrogen-bond donors (Lipinski definition) is 0. The van der Waals surface area contributed by atoms with Crippen LogP contribution in [0.4, 0.5) is 13.2 Å². The molecule has 0 fully saturated rings. The predicted molar refractivity (Wildman–Crippen MR) is 47.4 cm³/mol. The van der Waals surface area contributed by atoms with E-state index >= 15 is 0 Å². The molecule has 0 N–H and O–H groups in total. The molecular formula is C10H6F3NO2. The Morgan fingerprint density at radius 2 is 2.12 bits per heavy atom. The molecule has 3 nitrogen and oxygen atoms in total. The van der Waals surface area contributed by atoms with Crippen LogP contribution in [0.25, 0.3) is 0 Å². The molecule has 0 aromatic heterocycles. The van der Waals surface area contributed by atoms with Crippen molar-refractivity contribution in [3.05, 3.63) is 34.6 Å². The number of rotatable bonds is 2. The molecule has 16 heavy (non-hydrogen) atoms. The zero-order valence-corrected chi connectivity index (χ0v) is 8.13. The van der Waals surface area contributed by atoms with Gasteiger partial charge in [0.05, 0.1) is 23.8 Å². The van der Waals surface area contributed by atoms with Crippen molar-refractivity contribution in [3.63, 3.8) is 0 Å². The Bertz CT molecular complexity index is 466. The van der Waals surface area contributed by atoms with Crippen molar-refractivity contribution in [2.75, 3.05) is 7.11 Å². The molecular weight excluding hydrogens is 223 g/mol. The predicted octanol–water partition coefficient (Wildman–Crippen LogP) is 2.42. The average Bonchev–Trinajstić information content (AvgIpc) is 2.27. The van der Waals surface area contributed by atoms with Crippen molar-refractivity contribution in [2.45, 2.75) is 6.43 Å². The van der Waals surface area contributed by atoms with Gasteiger partial charge < -0.3 is 4.74 Å². The van der Waals surface area contributed by atoms with Gasteiger partial charge in [0, 0.05) is 0 Å². The van der Waals surface area contributed by atoms with Crippen LogP contribution in [0.2, 0.25) is 0 Å². The molecule has 0 amide bonds. The SMILES string of the molecule is COC(=O)c1c(C#N)ccc(F)c1C(F)F. The fourth-order valence-corrected chi connectivity index (χ4v) is 1.22. The first-order chi connectivity index (χ1) is 7.52. The molecule has 0 radical (unpaired) electrons. The number of alkyl halides is 2. The van der Waals surface area contributed by atoms with Crippen LogP contribution in [0.3, 0.4) is 0 Å². The van der Waals surface area contributed by atoms with E-state index in [2.05, 4.69) is 4.74 Å². The van der Waals surface area contributed by atoms with Crippen molar-refractivity contribution < 1.29 is 22.7 Å². The van der Waals surface area contributed by atoms with Gasteiger partial charge in [-0.1, -0.05) is 0 Å². The second kappa shape index (κ2) is 4.66. The molecule has 0 heterocycles. The Morgan fingerprint density at radius 3 is 2.56 bits per heavy atom. The summed E-state index contributed by atoms with van der Waals surface area (Å²) in [6, 6.07) is 3.20. The van der Waals surface area contributed by atoms with Gasteiger partial charge in [0.2, 0.25) is 0 Å². The number of esters is 1. The van der Waals surface area contributed by atoms with Crippen LogP contribution >= 0.6 is 0 Å². The molecule has 6 heteroatoms. The molecule has 0 unspecified atom stereocenters. The number of methoxy groups -OCH3 is 1. The summed E-state index contributed by atoms with van der Waals surface area (Å²) < 4.78 is 42.4. The first kappa shape index (κ1) is 12.0. The number of nitrogens with zero attached hydrogens (tertiary/aromatic N) is 1. The molecule has 0 saturated carbocycles. The fraction of sp³-hybridized carbons (Fsp3) is 0.200. The number of carbonyl (C=O) groups is 1. The Hall–Kier alpha value is -2.03. The Kier molecular flexibility index (Phi) is 3.51. The maximum Gasteiger partial charge on any atom is 0.339 e. The lowest BCUT2D eigenvalue weighted by Gasteiger charge is -2.09. The van der Waals surface area contributed by atoms with Crippen molar-refractivity contribution in [1.29, 1.82) is 5.26 Å². The van der Waals surface area contributed by atoms with Gasteiger partial charge in [0.25, 0.3) is 6.43 Å². The monoisotopic (exact) mass is 229 g/mol. The molecule has 1 aromatic carbocycles. The largest absolute Gasteiger partial charge is 0.465 e. The topological polar surface area (TPSA) is 50.1 Å². The summed E-state index contributed by atoms with van der Waals surface area (Å²) in [6.07, 6.45) is -3.19. The van der Waals surface area contributed by atoms with E-state index in [1.807, 2.05) is 0 Å². The van der Waals surface area contributed by atoms with Gasteiger partial charge in [0.1, 0.15) is 11.9 Å². The molecule has 0 aliphatic carbocycles. The lowest BCUT2D eigenvalue weighted by molar-refractivity contribution is 0.0587. The number of hydrogen-bond acceptors (Lipinski definition) is 3. The van der Waals surface area contributed by atoms with Crippen LogP contribution in [0.15, 0.2) is 12.1 Å². The summed E-state index contributed by atoms with van der Waals surface area (Å²) >= 11 is 0. The number of halogens is 3. The Labute approximate surface area is 89.1 Å². The van der Waals surface area contributed by atoms with E-state index in [0.29, 0.717) is 6.07 Å². The van der Waals surface area contributed by atoms with Gasteiger partial charge >= 0.3 is 5.97 Å². The van der Waals surface area contributed by atoms with E-state index in [1.54, 1.807) is 0 Å². The minimum absolute atomic E-state index is 0.344. The minimum atomic E-state index is -3.19. The molecule has 0 saturated heterocycles. The van der Waals surface area contributed by atoms with Crippen LogP contribution in [-0.4, -0.2) is 13.1 Å². The summed E-state index contributed by atoms with van der Waals surface area (Å²) in [5.41, 5.74) is -2.17. The summed E-state index contributed by atoms with van der Waals surface area (Å²) in [5, 5.41) is 8.63. The Balaban J connectivity index is 3.57. The van der Waals surface area contributed by atoms with Crippen LogP contribution in [-0.2, 0) is 4.74 Å². The molecule has 0 atom stereocenters. The second-order valence-corrected chi connectivity index (χ2v) is 2.79. The third kappa shape index (κ3) is 1.98. The lowest BCUT2D eigenvalue weighted by Crippen LogP contribution is -2.11. The van der Waals surface area contributed by atoms with E-state index < -0.39 is 29.3 Å². The first-order valence-electron chi connectivity index (χ1n) is 4.11. The zero-order chi connectivity index (χ0) is 12.3. The number of nitriles is 1. The second-order valence-electron chi connectivity index (χ2n) is 2.79. The summed E-state index contributed by atoms with van der Waals surface area (Å²) in [5.74, 6) is -2.40. The highest BCUT2D eigenvalue weighted by molar-refractivity contribution is 5.94. The molecule has 1 aromatic rings. The van der Waals surface area contributed by atoms with Crippen molar-refractivity contribution in [3.8, 4) is 6.07 Å². The number of ether oxygens (including phenoxy) is 1. The van der Waals surface area contributed by atoms with E-state index in [9.17, 15) is 18.0 Å². The van der Waals surface area contributed by atoms with Gasteiger partial charge in [-0.15, -0.1) is 0 Å². The van der Waals surface area contributed by atoms with Crippen LogP contribution in [0.5, 0.6) is 0 Å². The lowest BCUT2D eigenvalue weighted by atomic mass is 10.0. The van der Waals surface area contributed by atoms with Gasteiger partial charge in [-0.2, -0.15) is 5.26 Å². The standard InChI is InChI=1S/C10H6F3NO2/c1-16-10(15)7-5(4-14)2-3-6(11)8(7)9(12)13/h2-3,9H,1H3. The molecule has 84 valence electrons. The quantitative estimate of drug-likeness (QED) is 0.731. The summed E-state index contributed by atoms with van der Waals surface area (Å²) in [6.45, 7) is 0. The highest BCUT2D eigenvalue weighted by Gasteiger charge is 2.26.